The van der Waals surface area contributed by atoms with Crippen LogP contribution < -0.4 is 5.32 Å². The van der Waals surface area contributed by atoms with E-state index in [1.54, 1.807) is 0 Å². The van der Waals surface area contributed by atoms with Crippen molar-refractivity contribution in [1.82, 2.24) is 5.32 Å². The van der Waals surface area contributed by atoms with Crippen LogP contribution in [0.1, 0.15) is 40.2 Å². The van der Waals surface area contributed by atoms with Gasteiger partial charge in [0.2, 0.25) is 0 Å². The minimum absolute atomic E-state index is 0.493. The van der Waals surface area contributed by atoms with Crippen molar-refractivity contribution in [3.8, 4) is 0 Å². The highest BCUT2D eigenvalue weighted by Crippen LogP contribution is 2.67. The Labute approximate surface area is 112 Å². The van der Waals surface area contributed by atoms with Crippen LogP contribution in [0.15, 0.2) is 30.3 Å². The molecule has 1 nitrogen and oxygen atoms in total. The Kier molecular flexibility index (Phi) is 3.55. The minimum atomic E-state index is 0.493. The standard InChI is InChI=1S/C17H27N/c1-13(11-14-9-7-6-8-10-14)18-12-15-16(2,3)17(15,4)5/h6-10,13,15,18H,11-12H2,1-5H3. The van der Waals surface area contributed by atoms with E-state index in [0.29, 0.717) is 16.9 Å². The van der Waals surface area contributed by atoms with Gasteiger partial charge in [-0.05, 0) is 42.2 Å². The summed E-state index contributed by atoms with van der Waals surface area (Å²) < 4.78 is 0. The zero-order valence-electron chi connectivity index (χ0n) is 12.5. The van der Waals surface area contributed by atoms with Crippen molar-refractivity contribution in [3.05, 3.63) is 35.9 Å². The Morgan fingerprint density at radius 2 is 1.61 bits per heavy atom. The lowest BCUT2D eigenvalue weighted by Gasteiger charge is -2.14. The van der Waals surface area contributed by atoms with Gasteiger partial charge in [0.05, 0.1) is 0 Å². The fourth-order valence-electron chi connectivity index (χ4n) is 3.20. The van der Waals surface area contributed by atoms with E-state index in [1.807, 2.05) is 0 Å². The molecule has 1 saturated carbocycles. The molecule has 0 aliphatic heterocycles. The Hall–Kier alpha value is -0.820. The molecule has 0 radical (unpaired) electrons. The predicted molar refractivity (Wildman–Crippen MR) is 78.7 cm³/mol. The molecule has 2 rings (SSSR count). The molecule has 1 aliphatic carbocycles. The molecule has 1 N–H and O–H groups in total. The third-order valence-electron chi connectivity index (χ3n) is 5.37. The van der Waals surface area contributed by atoms with Gasteiger partial charge in [-0.3, -0.25) is 0 Å². The SMILES string of the molecule is CC(Cc1ccccc1)NCC1C(C)(C)C1(C)C. The highest BCUT2D eigenvalue weighted by Gasteiger charge is 2.63. The van der Waals surface area contributed by atoms with Gasteiger partial charge in [0.1, 0.15) is 0 Å². The molecule has 1 aromatic rings. The summed E-state index contributed by atoms with van der Waals surface area (Å²) in [7, 11) is 0. The zero-order chi connectivity index (χ0) is 13.4. The van der Waals surface area contributed by atoms with Gasteiger partial charge in [0, 0.05) is 6.04 Å². The first-order valence-electron chi connectivity index (χ1n) is 7.13. The van der Waals surface area contributed by atoms with E-state index in [4.69, 9.17) is 0 Å². The Balaban J connectivity index is 1.79. The van der Waals surface area contributed by atoms with E-state index in [0.717, 1.165) is 18.9 Å². The Morgan fingerprint density at radius 1 is 1.06 bits per heavy atom. The van der Waals surface area contributed by atoms with Gasteiger partial charge in [-0.15, -0.1) is 0 Å². The van der Waals surface area contributed by atoms with Gasteiger partial charge in [-0.1, -0.05) is 58.0 Å². The van der Waals surface area contributed by atoms with Crippen molar-refractivity contribution in [3.63, 3.8) is 0 Å². The van der Waals surface area contributed by atoms with Crippen LogP contribution >= 0.6 is 0 Å². The molecule has 1 unspecified atom stereocenters. The lowest BCUT2D eigenvalue weighted by atomic mass is 10.0. The number of benzene rings is 1. The van der Waals surface area contributed by atoms with Crippen molar-refractivity contribution in [2.75, 3.05) is 6.54 Å². The fourth-order valence-corrected chi connectivity index (χ4v) is 3.20. The number of rotatable bonds is 5. The van der Waals surface area contributed by atoms with Crippen LogP contribution in [0.5, 0.6) is 0 Å². The highest BCUT2D eigenvalue weighted by molar-refractivity contribution is 5.16. The van der Waals surface area contributed by atoms with Crippen LogP contribution in [0.25, 0.3) is 0 Å². The quantitative estimate of drug-likeness (QED) is 0.830. The molecule has 0 aromatic heterocycles. The maximum absolute atomic E-state index is 3.70. The largest absolute Gasteiger partial charge is 0.314 e. The molecule has 18 heavy (non-hydrogen) atoms. The lowest BCUT2D eigenvalue weighted by Crippen LogP contribution is -2.31. The second-order valence-corrected chi connectivity index (χ2v) is 6.99. The third-order valence-corrected chi connectivity index (χ3v) is 5.37. The number of hydrogen-bond donors (Lipinski definition) is 1. The molecule has 1 atom stereocenters. The molecule has 1 heteroatoms. The van der Waals surface area contributed by atoms with Crippen molar-refractivity contribution in [1.29, 1.82) is 0 Å². The zero-order valence-corrected chi connectivity index (χ0v) is 12.5. The number of hydrogen-bond acceptors (Lipinski definition) is 1. The van der Waals surface area contributed by atoms with E-state index >= 15 is 0 Å². The molecule has 1 fully saturated rings. The van der Waals surface area contributed by atoms with Crippen LogP contribution in [0.4, 0.5) is 0 Å². The van der Waals surface area contributed by atoms with Crippen LogP contribution in [0.2, 0.25) is 0 Å². The van der Waals surface area contributed by atoms with Crippen molar-refractivity contribution >= 4 is 0 Å². The molecule has 100 valence electrons. The predicted octanol–water partition coefficient (Wildman–Crippen LogP) is 3.89. The van der Waals surface area contributed by atoms with Gasteiger partial charge in [0.25, 0.3) is 0 Å². The number of nitrogens with one attached hydrogen (secondary N) is 1. The second-order valence-electron chi connectivity index (χ2n) is 6.99. The second kappa shape index (κ2) is 4.70. The van der Waals surface area contributed by atoms with Crippen LogP contribution in [-0.2, 0) is 6.42 Å². The van der Waals surface area contributed by atoms with Crippen LogP contribution in [0, 0.1) is 16.7 Å². The molecule has 0 spiro atoms. The summed E-state index contributed by atoms with van der Waals surface area (Å²) in [5.41, 5.74) is 2.41. The molecule has 1 aromatic carbocycles. The van der Waals surface area contributed by atoms with Crippen LogP contribution in [-0.4, -0.2) is 12.6 Å². The normalized spacial score (nSPS) is 22.7. The van der Waals surface area contributed by atoms with Gasteiger partial charge in [-0.25, -0.2) is 0 Å². The summed E-state index contributed by atoms with van der Waals surface area (Å²) >= 11 is 0. The summed E-state index contributed by atoms with van der Waals surface area (Å²) in [5, 5.41) is 3.70. The molecular formula is C17H27N. The van der Waals surface area contributed by atoms with E-state index in [-0.39, 0.29) is 0 Å². The maximum Gasteiger partial charge on any atom is 0.00792 e. The van der Waals surface area contributed by atoms with Gasteiger partial charge >= 0.3 is 0 Å². The lowest BCUT2D eigenvalue weighted by molar-refractivity contribution is 0.457. The van der Waals surface area contributed by atoms with E-state index in [9.17, 15) is 0 Å². The molecule has 1 aliphatic rings. The van der Waals surface area contributed by atoms with Crippen molar-refractivity contribution in [2.24, 2.45) is 16.7 Å². The van der Waals surface area contributed by atoms with Crippen molar-refractivity contribution in [2.45, 2.75) is 47.1 Å². The van der Waals surface area contributed by atoms with Crippen LogP contribution in [0.3, 0.4) is 0 Å². The van der Waals surface area contributed by atoms with E-state index in [1.165, 1.54) is 5.56 Å². The van der Waals surface area contributed by atoms with Crippen molar-refractivity contribution < 1.29 is 0 Å². The Morgan fingerprint density at radius 3 is 2.11 bits per heavy atom. The molecule has 0 saturated heterocycles. The summed E-state index contributed by atoms with van der Waals surface area (Å²) in [6.45, 7) is 13.0. The molecule has 0 heterocycles. The first-order chi connectivity index (χ1) is 8.35. The topological polar surface area (TPSA) is 12.0 Å². The summed E-state index contributed by atoms with van der Waals surface area (Å²) in [6, 6.07) is 11.3. The Bertz CT molecular complexity index is 377. The molecular weight excluding hydrogens is 218 g/mol. The minimum Gasteiger partial charge on any atom is -0.314 e. The summed E-state index contributed by atoms with van der Waals surface area (Å²) in [5.74, 6) is 0.809. The molecule has 0 amide bonds. The first-order valence-corrected chi connectivity index (χ1v) is 7.13. The average molecular weight is 245 g/mol. The van der Waals surface area contributed by atoms with Gasteiger partial charge < -0.3 is 5.32 Å². The average Bonchev–Trinajstić information content (AvgIpc) is 2.68. The third kappa shape index (κ3) is 2.47. The van der Waals surface area contributed by atoms with E-state index in [2.05, 4.69) is 70.3 Å². The monoisotopic (exact) mass is 245 g/mol. The van der Waals surface area contributed by atoms with Gasteiger partial charge in [0.15, 0.2) is 0 Å². The maximum atomic E-state index is 3.70. The smallest absolute Gasteiger partial charge is 0.00792 e. The fraction of sp³-hybridized carbons (Fsp3) is 0.647. The highest BCUT2D eigenvalue weighted by atomic mass is 14.9. The summed E-state index contributed by atoms with van der Waals surface area (Å²) in [4.78, 5) is 0. The van der Waals surface area contributed by atoms with Gasteiger partial charge in [-0.2, -0.15) is 0 Å². The molecule has 0 bridgehead atoms. The van der Waals surface area contributed by atoms with E-state index < -0.39 is 0 Å². The first kappa shape index (κ1) is 13.6. The summed E-state index contributed by atoms with van der Waals surface area (Å²) in [6.07, 6.45) is 1.12.